The van der Waals surface area contributed by atoms with Crippen molar-refractivity contribution in [1.82, 2.24) is 5.32 Å². The first-order valence-corrected chi connectivity index (χ1v) is 4.07. The summed E-state index contributed by atoms with van der Waals surface area (Å²) in [6.07, 6.45) is 4.24. The molecule has 10 heavy (non-hydrogen) atoms. The molecule has 58 valence electrons. The highest BCUT2D eigenvalue weighted by Gasteiger charge is 2.47. The quantitative estimate of drug-likeness (QED) is 0.613. The van der Waals surface area contributed by atoms with E-state index in [-0.39, 0.29) is 0 Å². The van der Waals surface area contributed by atoms with Gasteiger partial charge < -0.3 is 10.1 Å². The van der Waals surface area contributed by atoms with Crippen LogP contribution in [0.25, 0.3) is 0 Å². The largest absolute Gasteiger partial charge is 0.383 e. The van der Waals surface area contributed by atoms with Crippen molar-refractivity contribution in [2.75, 3.05) is 20.3 Å². The van der Waals surface area contributed by atoms with E-state index in [1.807, 2.05) is 0 Å². The number of hydrogen-bond donors (Lipinski definition) is 1. The standard InChI is InChI=1S/C8H15NO/c1-10-5-7-4-8(2-3-8)6-9-7/h7,9H,2-6H2,1H3. The van der Waals surface area contributed by atoms with Gasteiger partial charge in [-0.2, -0.15) is 0 Å². The molecule has 0 amide bonds. The molecule has 0 aromatic heterocycles. The van der Waals surface area contributed by atoms with Crippen LogP contribution in [0, 0.1) is 5.41 Å². The normalized spacial score (nSPS) is 35.1. The minimum absolute atomic E-state index is 0.646. The summed E-state index contributed by atoms with van der Waals surface area (Å²) in [6.45, 7) is 2.13. The minimum Gasteiger partial charge on any atom is -0.383 e. The molecule has 0 aromatic rings. The third-order valence-electron chi connectivity index (χ3n) is 2.77. The molecule has 1 aliphatic heterocycles. The van der Waals surface area contributed by atoms with Gasteiger partial charge in [-0.15, -0.1) is 0 Å². The molecule has 1 N–H and O–H groups in total. The fourth-order valence-electron chi connectivity index (χ4n) is 1.90. The predicted octanol–water partition coefficient (Wildman–Crippen LogP) is 0.775. The van der Waals surface area contributed by atoms with Crippen molar-refractivity contribution in [3.8, 4) is 0 Å². The van der Waals surface area contributed by atoms with E-state index in [0.29, 0.717) is 6.04 Å². The van der Waals surface area contributed by atoms with Gasteiger partial charge in [-0.05, 0) is 24.7 Å². The van der Waals surface area contributed by atoms with E-state index in [1.54, 1.807) is 7.11 Å². The number of methoxy groups -OCH3 is 1. The Morgan fingerprint density at radius 2 is 2.40 bits per heavy atom. The lowest BCUT2D eigenvalue weighted by Gasteiger charge is -2.07. The van der Waals surface area contributed by atoms with Crippen LogP contribution in [0.1, 0.15) is 19.3 Å². The molecular weight excluding hydrogens is 126 g/mol. The summed E-state index contributed by atoms with van der Waals surface area (Å²) in [4.78, 5) is 0. The lowest BCUT2D eigenvalue weighted by molar-refractivity contribution is 0.172. The minimum atomic E-state index is 0.646. The summed E-state index contributed by atoms with van der Waals surface area (Å²) >= 11 is 0. The van der Waals surface area contributed by atoms with Gasteiger partial charge in [-0.3, -0.25) is 0 Å². The maximum Gasteiger partial charge on any atom is 0.0616 e. The van der Waals surface area contributed by atoms with Crippen LogP contribution in [-0.4, -0.2) is 26.3 Å². The Hall–Kier alpha value is -0.0800. The van der Waals surface area contributed by atoms with E-state index in [4.69, 9.17) is 4.74 Å². The topological polar surface area (TPSA) is 21.3 Å². The summed E-state index contributed by atoms with van der Waals surface area (Å²) in [7, 11) is 1.78. The van der Waals surface area contributed by atoms with Crippen LogP contribution in [-0.2, 0) is 4.74 Å². The lowest BCUT2D eigenvalue weighted by atomic mass is 10.0. The van der Waals surface area contributed by atoms with Crippen LogP contribution in [0.2, 0.25) is 0 Å². The molecule has 1 saturated heterocycles. The van der Waals surface area contributed by atoms with Crippen molar-refractivity contribution in [3.05, 3.63) is 0 Å². The van der Waals surface area contributed by atoms with Gasteiger partial charge in [-0.25, -0.2) is 0 Å². The molecule has 1 saturated carbocycles. The van der Waals surface area contributed by atoms with Crippen LogP contribution >= 0.6 is 0 Å². The average Bonchev–Trinajstić information content (AvgIpc) is 2.52. The van der Waals surface area contributed by atoms with Gasteiger partial charge in [0.1, 0.15) is 0 Å². The number of nitrogens with one attached hydrogen (secondary N) is 1. The Balaban J connectivity index is 1.82. The molecule has 0 radical (unpaired) electrons. The second-order valence-corrected chi connectivity index (χ2v) is 3.74. The second kappa shape index (κ2) is 2.21. The fourth-order valence-corrected chi connectivity index (χ4v) is 1.90. The summed E-state index contributed by atoms with van der Waals surface area (Å²) in [6, 6.07) is 0.646. The molecule has 0 aromatic carbocycles. The molecule has 2 heteroatoms. The highest BCUT2D eigenvalue weighted by molar-refractivity contribution is 5.02. The van der Waals surface area contributed by atoms with Crippen LogP contribution in [0.4, 0.5) is 0 Å². The Labute approximate surface area is 61.9 Å². The first kappa shape index (κ1) is 6.62. The maximum atomic E-state index is 5.08. The molecule has 2 rings (SSSR count). The summed E-state index contributed by atoms with van der Waals surface area (Å²) in [5.41, 5.74) is 0.725. The van der Waals surface area contributed by atoms with Crippen molar-refractivity contribution in [3.63, 3.8) is 0 Å². The molecule has 2 aliphatic rings. The van der Waals surface area contributed by atoms with Crippen molar-refractivity contribution < 1.29 is 4.74 Å². The van der Waals surface area contributed by atoms with Crippen LogP contribution in [0.15, 0.2) is 0 Å². The first-order valence-electron chi connectivity index (χ1n) is 4.07. The molecule has 1 spiro atoms. The Bertz CT molecular complexity index is 131. The monoisotopic (exact) mass is 141 g/mol. The van der Waals surface area contributed by atoms with E-state index in [2.05, 4.69) is 5.32 Å². The van der Waals surface area contributed by atoms with Crippen LogP contribution in [0.3, 0.4) is 0 Å². The molecule has 2 nitrogen and oxygen atoms in total. The summed E-state index contributed by atoms with van der Waals surface area (Å²) in [5, 5.41) is 3.49. The summed E-state index contributed by atoms with van der Waals surface area (Å²) < 4.78 is 5.08. The van der Waals surface area contributed by atoms with E-state index in [0.717, 1.165) is 12.0 Å². The zero-order valence-corrected chi connectivity index (χ0v) is 6.52. The molecule has 1 aliphatic carbocycles. The number of hydrogen-bond acceptors (Lipinski definition) is 2. The van der Waals surface area contributed by atoms with E-state index in [9.17, 15) is 0 Å². The number of ether oxygens (including phenoxy) is 1. The van der Waals surface area contributed by atoms with Crippen molar-refractivity contribution >= 4 is 0 Å². The fraction of sp³-hybridized carbons (Fsp3) is 1.00. The van der Waals surface area contributed by atoms with Gasteiger partial charge >= 0.3 is 0 Å². The maximum absolute atomic E-state index is 5.08. The van der Waals surface area contributed by atoms with Gasteiger partial charge in [-0.1, -0.05) is 0 Å². The Kier molecular flexibility index (Phi) is 1.46. The van der Waals surface area contributed by atoms with Gasteiger partial charge in [0.15, 0.2) is 0 Å². The number of rotatable bonds is 2. The molecule has 1 heterocycles. The molecule has 0 bridgehead atoms. The van der Waals surface area contributed by atoms with Gasteiger partial charge in [0.05, 0.1) is 6.61 Å². The van der Waals surface area contributed by atoms with Crippen molar-refractivity contribution in [2.45, 2.75) is 25.3 Å². The Morgan fingerprint density at radius 3 is 2.90 bits per heavy atom. The van der Waals surface area contributed by atoms with Gasteiger partial charge in [0.25, 0.3) is 0 Å². The van der Waals surface area contributed by atoms with Crippen LogP contribution in [0.5, 0.6) is 0 Å². The highest BCUT2D eigenvalue weighted by Crippen LogP contribution is 2.51. The summed E-state index contributed by atoms with van der Waals surface area (Å²) in [5.74, 6) is 0. The smallest absolute Gasteiger partial charge is 0.0616 e. The van der Waals surface area contributed by atoms with Gasteiger partial charge in [0, 0.05) is 19.7 Å². The van der Waals surface area contributed by atoms with Crippen molar-refractivity contribution in [2.24, 2.45) is 5.41 Å². The second-order valence-electron chi connectivity index (χ2n) is 3.74. The third kappa shape index (κ3) is 1.06. The van der Waals surface area contributed by atoms with E-state index >= 15 is 0 Å². The average molecular weight is 141 g/mol. The SMILES string of the molecule is COCC1CC2(CC2)CN1. The predicted molar refractivity (Wildman–Crippen MR) is 40.0 cm³/mol. The van der Waals surface area contributed by atoms with Gasteiger partial charge in [0.2, 0.25) is 0 Å². The zero-order valence-electron chi connectivity index (χ0n) is 6.52. The third-order valence-corrected chi connectivity index (χ3v) is 2.77. The molecule has 1 atom stereocenters. The molecular formula is C8H15NO. The molecule has 2 fully saturated rings. The van der Waals surface area contributed by atoms with Crippen LogP contribution < -0.4 is 5.32 Å². The van der Waals surface area contributed by atoms with E-state index < -0.39 is 0 Å². The zero-order chi connectivity index (χ0) is 7.03. The lowest BCUT2D eigenvalue weighted by Crippen LogP contribution is -2.25. The molecule has 1 unspecified atom stereocenters. The highest BCUT2D eigenvalue weighted by atomic mass is 16.5. The first-order chi connectivity index (χ1) is 4.85. The van der Waals surface area contributed by atoms with E-state index in [1.165, 1.54) is 25.8 Å². The Morgan fingerprint density at radius 1 is 1.60 bits per heavy atom. The van der Waals surface area contributed by atoms with Crippen molar-refractivity contribution in [1.29, 1.82) is 0 Å².